The molecule has 0 radical (unpaired) electrons. The van der Waals surface area contributed by atoms with E-state index in [0.717, 1.165) is 5.69 Å². The highest BCUT2D eigenvalue weighted by Crippen LogP contribution is 2.29. The van der Waals surface area contributed by atoms with E-state index in [4.69, 9.17) is 29.6 Å². The smallest absolute Gasteiger partial charge is 0.125 e. The Bertz CT molecular complexity index is 688. The lowest BCUT2D eigenvalue weighted by Gasteiger charge is -2.15. The lowest BCUT2D eigenvalue weighted by atomic mass is 10.1. The Morgan fingerprint density at radius 1 is 1.30 bits per heavy atom. The van der Waals surface area contributed by atoms with Gasteiger partial charge < -0.3 is 11.1 Å². The number of anilines is 2. The van der Waals surface area contributed by atoms with Crippen molar-refractivity contribution in [3.05, 3.63) is 52.1 Å². The number of thiocarbonyl (C=S) groups is 1. The fourth-order valence-electron chi connectivity index (χ4n) is 1.98. The highest BCUT2D eigenvalue weighted by Gasteiger charge is 2.13. The standard InChI is InChI=1S/C14H13ClFN3S/c1-7-5-12(13(14(17)20)8(2)18-7)19-11-6-9(16)3-4-10(11)15/h3-6H,1-2H3,(H2,17,20)(H,18,19). The summed E-state index contributed by atoms with van der Waals surface area (Å²) in [4.78, 5) is 4.55. The average Bonchev–Trinajstić information content (AvgIpc) is 2.32. The topological polar surface area (TPSA) is 50.9 Å². The van der Waals surface area contributed by atoms with Crippen LogP contribution in [-0.2, 0) is 0 Å². The summed E-state index contributed by atoms with van der Waals surface area (Å²) >= 11 is 11.1. The zero-order valence-electron chi connectivity index (χ0n) is 11.0. The second-order valence-corrected chi connectivity index (χ2v) is 5.23. The third-order valence-electron chi connectivity index (χ3n) is 2.77. The summed E-state index contributed by atoms with van der Waals surface area (Å²) in [5, 5.41) is 3.47. The Morgan fingerprint density at radius 2 is 2.00 bits per heavy atom. The fourth-order valence-corrected chi connectivity index (χ4v) is 2.40. The van der Waals surface area contributed by atoms with Gasteiger partial charge in [-0.2, -0.15) is 0 Å². The van der Waals surface area contributed by atoms with Gasteiger partial charge in [0.1, 0.15) is 10.8 Å². The van der Waals surface area contributed by atoms with Crippen molar-refractivity contribution in [1.82, 2.24) is 4.98 Å². The number of pyridine rings is 1. The highest BCUT2D eigenvalue weighted by molar-refractivity contribution is 7.80. The summed E-state index contributed by atoms with van der Waals surface area (Å²) in [6.07, 6.45) is 0. The van der Waals surface area contributed by atoms with Gasteiger partial charge in [-0.1, -0.05) is 23.8 Å². The first-order valence-electron chi connectivity index (χ1n) is 5.88. The summed E-state index contributed by atoms with van der Waals surface area (Å²) in [6.45, 7) is 3.68. The summed E-state index contributed by atoms with van der Waals surface area (Å²) in [5.41, 5.74) is 9.00. The largest absolute Gasteiger partial charge is 0.389 e. The predicted octanol–water partition coefficient (Wildman–Crippen LogP) is 3.87. The number of aryl methyl sites for hydroxylation is 2. The first kappa shape index (κ1) is 14.7. The lowest BCUT2D eigenvalue weighted by molar-refractivity contribution is 0.628. The SMILES string of the molecule is Cc1cc(Nc2cc(F)ccc2Cl)c(C(N)=S)c(C)n1. The normalized spacial score (nSPS) is 10.4. The van der Waals surface area contributed by atoms with Gasteiger partial charge in [0.2, 0.25) is 0 Å². The van der Waals surface area contributed by atoms with Crippen LogP contribution in [0.2, 0.25) is 5.02 Å². The molecule has 2 aromatic rings. The zero-order valence-corrected chi connectivity index (χ0v) is 12.6. The molecule has 1 aromatic heterocycles. The Balaban J connectivity index is 2.53. The number of aromatic nitrogens is 1. The molecule has 0 unspecified atom stereocenters. The van der Waals surface area contributed by atoms with E-state index in [1.165, 1.54) is 18.2 Å². The van der Waals surface area contributed by atoms with Crippen LogP contribution in [0.25, 0.3) is 0 Å². The van der Waals surface area contributed by atoms with Crippen molar-refractivity contribution in [3.63, 3.8) is 0 Å². The van der Waals surface area contributed by atoms with E-state index in [-0.39, 0.29) is 10.8 Å². The number of rotatable bonds is 3. The van der Waals surface area contributed by atoms with Gasteiger partial charge in [0.25, 0.3) is 0 Å². The van der Waals surface area contributed by atoms with Gasteiger partial charge in [0.05, 0.1) is 22.0 Å². The number of nitrogens with zero attached hydrogens (tertiary/aromatic N) is 1. The van der Waals surface area contributed by atoms with Crippen LogP contribution in [0.15, 0.2) is 24.3 Å². The van der Waals surface area contributed by atoms with E-state index in [9.17, 15) is 4.39 Å². The molecule has 0 atom stereocenters. The van der Waals surface area contributed by atoms with Gasteiger partial charge in [-0.05, 0) is 38.1 Å². The molecular weight excluding hydrogens is 297 g/mol. The molecule has 2 rings (SSSR count). The number of halogens is 2. The van der Waals surface area contributed by atoms with E-state index in [0.29, 0.717) is 27.7 Å². The monoisotopic (exact) mass is 309 g/mol. The molecule has 0 aliphatic heterocycles. The molecule has 6 heteroatoms. The predicted molar refractivity (Wildman–Crippen MR) is 84.3 cm³/mol. The average molecular weight is 310 g/mol. The molecule has 104 valence electrons. The van der Waals surface area contributed by atoms with Crippen molar-refractivity contribution < 1.29 is 4.39 Å². The minimum absolute atomic E-state index is 0.227. The van der Waals surface area contributed by atoms with Crippen molar-refractivity contribution in [2.24, 2.45) is 5.73 Å². The van der Waals surface area contributed by atoms with Crippen molar-refractivity contribution in [1.29, 1.82) is 0 Å². The number of nitrogens with two attached hydrogens (primary N) is 1. The van der Waals surface area contributed by atoms with Gasteiger partial charge in [-0.25, -0.2) is 4.39 Å². The Morgan fingerprint density at radius 3 is 2.65 bits per heavy atom. The molecule has 20 heavy (non-hydrogen) atoms. The van der Waals surface area contributed by atoms with Crippen molar-refractivity contribution >= 4 is 40.2 Å². The van der Waals surface area contributed by atoms with Crippen LogP contribution in [0.3, 0.4) is 0 Å². The maximum atomic E-state index is 13.3. The summed E-state index contributed by atoms with van der Waals surface area (Å²) in [5.74, 6) is -0.378. The second kappa shape index (κ2) is 5.73. The summed E-state index contributed by atoms with van der Waals surface area (Å²) < 4.78 is 13.3. The summed E-state index contributed by atoms with van der Waals surface area (Å²) in [7, 11) is 0. The molecule has 0 saturated heterocycles. The van der Waals surface area contributed by atoms with E-state index < -0.39 is 0 Å². The summed E-state index contributed by atoms with van der Waals surface area (Å²) in [6, 6.07) is 5.89. The molecule has 0 spiro atoms. The first-order valence-corrected chi connectivity index (χ1v) is 6.67. The first-order chi connectivity index (χ1) is 9.38. The molecule has 0 saturated carbocycles. The Hall–Kier alpha value is -1.72. The molecule has 0 bridgehead atoms. The maximum absolute atomic E-state index is 13.3. The molecule has 1 aromatic carbocycles. The van der Waals surface area contributed by atoms with Crippen LogP contribution in [0.1, 0.15) is 17.0 Å². The van der Waals surface area contributed by atoms with Crippen molar-refractivity contribution in [3.8, 4) is 0 Å². The van der Waals surface area contributed by atoms with Gasteiger partial charge >= 0.3 is 0 Å². The van der Waals surface area contributed by atoms with Crippen molar-refractivity contribution in [2.45, 2.75) is 13.8 Å². The lowest BCUT2D eigenvalue weighted by Crippen LogP contribution is -2.15. The van der Waals surface area contributed by atoms with Crippen molar-refractivity contribution in [2.75, 3.05) is 5.32 Å². The van der Waals surface area contributed by atoms with E-state index >= 15 is 0 Å². The number of nitrogens with one attached hydrogen (secondary N) is 1. The quantitative estimate of drug-likeness (QED) is 0.845. The maximum Gasteiger partial charge on any atom is 0.125 e. The molecular formula is C14H13ClFN3S. The fraction of sp³-hybridized carbons (Fsp3) is 0.143. The van der Waals surface area contributed by atoms with E-state index in [2.05, 4.69) is 10.3 Å². The van der Waals surface area contributed by atoms with Gasteiger partial charge in [0, 0.05) is 11.4 Å². The Kier molecular flexibility index (Phi) is 4.20. The van der Waals surface area contributed by atoms with Crippen LogP contribution in [-0.4, -0.2) is 9.97 Å². The van der Waals surface area contributed by atoms with Gasteiger partial charge in [0.15, 0.2) is 0 Å². The second-order valence-electron chi connectivity index (χ2n) is 4.39. The number of benzene rings is 1. The van der Waals surface area contributed by atoms with Gasteiger partial charge in [-0.15, -0.1) is 0 Å². The zero-order chi connectivity index (χ0) is 14.9. The van der Waals surface area contributed by atoms with Crippen LogP contribution in [0.4, 0.5) is 15.8 Å². The number of hydrogen-bond donors (Lipinski definition) is 2. The molecule has 1 heterocycles. The molecule has 0 aliphatic rings. The molecule has 0 amide bonds. The third kappa shape index (κ3) is 3.05. The van der Waals surface area contributed by atoms with Gasteiger partial charge in [-0.3, -0.25) is 4.98 Å². The number of hydrogen-bond acceptors (Lipinski definition) is 3. The van der Waals surface area contributed by atoms with Crippen LogP contribution >= 0.6 is 23.8 Å². The highest BCUT2D eigenvalue weighted by atomic mass is 35.5. The van der Waals surface area contributed by atoms with E-state index in [1.54, 1.807) is 6.07 Å². The molecule has 3 nitrogen and oxygen atoms in total. The van der Waals surface area contributed by atoms with Crippen LogP contribution in [0, 0.1) is 19.7 Å². The molecule has 0 fully saturated rings. The molecule has 0 aliphatic carbocycles. The minimum atomic E-state index is -0.378. The van der Waals surface area contributed by atoms with E-state index in [1.807, 2.05) is 13.8 Å². The minimum Gasteiger partial charge on any atom is -0.389 e. The van der Waals surface area contributed by atoms with Crippen LogP contribution < -0.4 is 11.1 Å². The molecule has 3 N–H and O–H groups in total. The van der Waals surface area contributed by atoms with Crippen LogP contribution in [0.5, 0.6) is 0 Å². The third-order valence-corrected chi connectivity index (χ3v) is 3.31. The Labute approximate surface area is 127 Å².